The van der Waals surface area contributed by atoms with E-state index >= 15 is 0 Å². The highest BCUT2D eigenvalue weighted by atomic mass is 32.1. The Morgan fingerprint density at radius 2 is 2.33 bits per heavy atom. The minimum absolute atomic E-state index is 0.290. The molecule has 1 aromatic heterocycles. The van der Waals surface area contributed by atoms with Crippen LogP contribution in [0.3, 0.4) is 0 Å². The van der Waals surface area contributed by atoms with E-state index in [2.05, 4.69) is 37.5 Å². The molecule has 1 atom stereocenters. The molecule has 1 saturated heterocycles. The van der Waals surface area contributed by atoms with Crippen molar-refractivity contribution in [2.75, 3.05) is 6.54 Å². The number of rotatable bonds is 3. The molecule has 1 N–H and O–H groups in total. The fourth-order valence-electron chi connectivity index (χ4n) is 2.90. The van der Waals surface area contributed by atoms with E-state index in [0.29, 0.717) is 0 Å². The second-order valence-corrected chi connectivity index (χ2v) is 6.22. The molecule has 1 aliphatic rings. The molecule has 1 fully saturated rings. The summed E-state index contributed by atoms with van der Waals surface area (Å²) < 4.78 is 0. The van der Waals surface area contributed by atoms with Gasteiger partial charge in [-0.1, -0.05) is 13.8 Å². The van der Waals surface area contributed by atoms with Gasteiger partial charge in [0, 0.05) is 10.4 Å². The molecule has 0 spiro atoms. The lowest BCUT2D eigenvalue weighted by molar-refractivity contribution is 0.310. The van der Waals surface area contributed by atoms with Crippen molar-refractivity contribution in [1.29, 1.82) is 0 Å². The van der Waals surface area contributed by atoms with Crippen LogP contribution in [0.2, 0.25) is 0 Å². The Labute approximate surface area is 96.9 Å². The summed E-state index contributed by atoms with van der Waals surface area (Å²) in [5.41, 5.74) is 1.84. The highest BCUT2D eigenvalue weighted by Crippen LogP contribution is 2.39. The SMILES string of the molecule is Cc1sccc1C1(CC(C)C)CCCN1. The lowest BCUT2D eigenvalue weighted by Gasteiger charge is -2.32. The highest BCUT2D eigenvalue weighted by molar-refractivity contribution is 7.10. The Balaban J connectivity index is 2.30. The van der Waals surface area contributed by atoms with Crippen molar-refractivity contribution in [1.82, 2.24) is 5.32 Å². The fraction of sp³-hybridized carbons (Fsp3) is 0.692. The molecule has 0 aliphatic carbocycles. The molecular formula is C13H21NS. The molecule has 2 heteroatoms. The van der Waals surface area contributed by atoms with E-state index in [9.17, 15) is 0 Å². The van der Waals surface area contributed by atoms with Gasteiger partial charge in [0.2, 0.25) is 0 Å². The Morgan fingerprint density at radius 3 is 2.80 bits per heavy atom. The first-order valence-electron chi connectivity index (χ1n) is 5.94. The predicted octanol–water partition coefficient (Wildman–Crippen LogP) is 3.68. The summed E-state index contributed by atoms with van der Waals surface area (Å²) in [6, 6.07) is 2.32. The van der Waals surface area contributed by atoms with Crippen LogP contribution < -0.4 is 5.32 Å². The lowest BCUT2D eigenvalue weighted by atomic mass is 9.81. The van der Waals surface area contributed by atoms with Crippen molar-refractivity contribution in [3.63, 3.8) is 0 Å². The quantitative estimate of drug-likeness (QED) is 0.824. The van der Waals surface area contributed by atoms with Crippen molar-refractivity contribution in [3.05, 3.63) is 21.9 Å². The van der Waals surface area contributed by atoms with Gasteiger partial charge in [0.25, 0.3) is 0 Å². The third-order valence-corrected chi connectivity index (χ3v) is 4.22. The van der Waals surface area contributed by atoms with Crippen molar-refractivity contribution >= 4 is 11.3 Å². The van der Waals surface area contributed by atoms with Crippen molar-refractivity contribution < 1.29 is 0 Å². The molecule has 0 aromatic carbocycles. The minimum Gasteiger partial charge on any atom is -0.307 e. The summed E-state index contributed by atoms with van der Waals surface area (Å²) in [6.45, 7) is 8.08. The number of hydrogen-bond donors (Lipinski definition) is 1. The maximum atomic E-state index is 3.75. The fourth-order valence-corrected chi connectivity index (χ4v) is 3.70. The number of nitrogens with one attached hydrogen (secondary N) is 1. The van der Waals surface area contributed by atoms with E-state index < -0.39 is 0 Å². The van der Waals surface area contributed by atoms with Gasteiger partial charge < -0.3 is 5.32 Å². The molecule has 1 nitrogen and oxygen atoms in total. The van der Waals surface area contributed by atoms with Crippen molar-refractivity contribution in [2.45, 2.75) is 45.6 Å². The van der Waals surface area contributed by atoms with E-state index in [0.717, 1.165) is 5.92 Å². The molecule has 15 heavy (non-hydrogen) atoms. The van der Waals surface area contributed by atoms with Gasteiger partial charge in [0.15, 0.2) is 0 Å². The Hall–Kier alpha value is -0.340. The zero-order valence-corrected chi connectivity index (χ0v) is 10.8. The molecule has 0 saturated carbocycles. The van der Waals surface area contributed by atoms with Crippen LogP contribution >= 0.6 is 11.3 Å². The molecule has 1 aromatic rings. The van der Waals surface area contributed by atoms with E-state index in [-0.39, 0.29) is 5.54 Å². The van der Waals surface area contributed by atoms with Gasteiger partial charge in [-0.05, 0) is 55.7 Å². The van der Waals surface area contributed by atoms with Crippen LogP contribution in [0, 0.1) is 12.8 Å². The summed E-state index contributed by atoms with van der Waals surface area (Å²) in [4.78, 5) is 1.49. The first-order valence-corrected chi connectivity index (χ1v) is 6.82. The zero-order valence-electron chi connectivity index (χ0n) is 9.97. The summed E-state index contributed by atoms with van der Waals surface area (Å²) in [5.74, 6) is 0.759. The molecule has 1 aliphatic heterocycles. The molecule has 0 amide bonds. The molecular weight excluding hydrogens is 202 g/mol. The van der Waals surface area contributed by atoms with Crippen LogP contribution in [0.5, 0.6) is 0 Å². The average Bonchev–Trinajstić information content (AvgIpc) is 2.73. The number of thiophene rings is 1. The normalized spacial score (nSPS) is 26.4. The molecule has 84 valence electrons. The van der Waals surface area contributed by atoms with Gasteiger partial charge in [-0.15, -0.1) is 11.3 Å². The number of hydrogen-bond acceptors (Lipinski definition) is 2. The summed E-state index contributed by atoms with van der Waals surface area (Å²) >= 11 is 1.88. The molecule has 1 unspecified atom stereocenters. The standard InChI is InChI=1S/C13H21NS/c1-10(2)9-13(6-4-7-14-13)12-5-8-15-11(12)3/h5,8,10,14H,4,6-7,9H2,1-3H3. The van der Waals surface area contributed by atoms with Gasteiger partial charge in [-0.2, -0.15) is 0 Å². The maximum Gasteiger partial charge on any atom is 0.0448 e. The van der Waals surface area contributed by atoms with Gasteiger partial charge >= 0.3 is 0 Å². The van der Waals surface area contributed by atoms with Crippen molar-refractivity contribution in [2.24, 2.45) is 5.92 Å². The summed E-state index contributed by atoms with van der Waals surface area (Å²) in [7, 11) is 0. The maximum absolute atomic E-state index is 3.75. The van der Waals surface area contributed by atoms with Crippen LogP contribution in [-0.4, -0.2) is 6.54 Å². The van der Waals surface area contributed by atoms with Gasteiger partial charge in [-0.3, -0.25) is 0 Å². The van der Waals surface area contributed by atoms with Gasteiger partial charge in [0.1, 0.15) is 0 Å². The first-order chi connectivity index (χ1) is 7.14. The number of aryl methyl sites for hydroxylation is 1. The highest BCUT2D eigenvalue weighted by Gasteiger charge is 2.36. The Kier molecular flexibility index (Phi) is 3.17. The van der Waals surface area contributed by atoms with Gasteiger partial charge in [0.05, 0.1) is 0 Å². The van der Waals surface area contributed by atoms with Crippen LogP contribution in [0.15, 0.2) is 11.4 Å². The third-order valence-electron chi connectivity index (χ3n) is 3.37. The van der Waals surface area contributed by atoms with Crippen molar-refractivity contribution in [3.8, 4) is 0 Å². The molecule has 2 heterocycles. The summed E-state index contributed by atoms with van der Waals surface area (Å²) in [5, 5.41) is 5.98. The molecule has 2 rings (SSSR count). The minimum atomic E-state index is 0.290. The first kappa shape index (κ1) is 11.2. The average molecular weight is 223 g/mol. The second kappa shape index (κ2) is 4.26. The van der Waals surface area contributed by atoms with E-state index in [1.165, 1.54) is 30.7 Å². The second-order valence-electron chi connectivity index (χ2n) is 5.10. The Morgan fingerprint density at radius 1 is 1.53 bits per heavy atom. The van der Waals surface area contributed by atoms with E-state index in [1.54, 1.807) is 5.56 Å². The topological polar surface area (TPSA) is 12.0 Å². The zero-order chi connectivity index (χ0) is 10.9. The lowest BCUT2D eigenvalue weighted by Crippen LogP contribution is -2.38. The predicted molar refractivity (Wildman–Crippen MR) is 67.4 cm³/mol. The molecule has 0 bridgehead atoms. The van der Waals surface area contributed by atoms with Crippen LogP contribution in [0.25, 0.3) is 0 Å². The largest absolute Gasteiger partial charge is 0.307 e. The van der Waals surface area contributed by atoms with Crippen LogP contribution in [0.4, 0.5) is 0 Å². The van der Waals surface area contributed by atoms with E-state index in [4.69, 9.17) is 0 Å². The van der Waals surface area contributed by atoms with Crippen LogP contribution in [0.1, 0.15) is 43.6 Å². The summed E-state index contributed by atoms with van der Waals surface area (Å²) in [6.07, 6.45) is 3.90. The third kappa shape index (κ3) is 2.11. The monoisotopic (exact) mass is 223 g/mol. The molecule has 0 radical (unpaired) electrons. The van der Waals surface area contributed by atoms with Crippen LogP contribution in [-0.2, 0) is 5.54 Å². The van der Waals surface area contributed by atoms with Gasteiger partial charge in [-0.25, -0.2) is 0 Å². The Bertz CT molecular complexity index is 321. The smallest absolute Gasteiger partial charge is 0.0448 e. The van der Waals surface area contributed by atoms with E-state index in [1.807, 2.05) is 11.3 Å².